The number of amides is 1. The summed E-state index contributed by atoms with van der Waals surface area (Å²) in [6, 6.07) is 5.76. The SMILES string of the molecule is CCc1cc(N2CC[NH+](CC)CC2)nc(SCc2ccc(C(=O)NC(C)C)o2)n1. The van der Waals surface area contributed by atoms with Crippen LogP contribution in [0, 0.1) is 0 Å². The van der Waals surface area contributed by atoms with Crippen LogP contribution in [0.3, 0.4) is 0 Å². The number of thioether (sulfide) groups is 1. The number of aromatic nitrogens is 2. The fourth-order valence-electron chi connectivity index (χ4n) is 3.32. The van der Waals surface area contributed by atoms with Crippen LogP contribution in [-0.2, 0) is 12.2 Å². The summed E-state index contributed by atoms with van der Waals surface area (Å²) >= 11 is 1.55. The molecule has 1 aliphatic rings. The Labute approximate surface area is 177 Å². The van der Waals surface area contributed by atoms with Crippen molar-refractivity contribution in [2.75, 3.05) is 37.6 Å². The summed E-state index contributed by atoms with van der Waals surface area (Å²) in [5, 5.41) is 3.60. The second kappa shape index (κ2) is 10.1. The zero-order valence-electron chi connectivity index (χ0n) is 17.8. The van der Waals surface area contributed by atoms with Gasteiger partial charge < -0.3 is 19.5 Å². The molecule has 3 rings (SSSR count). The topological polar surface area (TPSA) is 75.7 Å². The van der Waals surface area contributed by atoms with Crippen LogP contribution in [0.2, 0.25) is 0 Å². The maximum absolute atomic E-state index is 12.0. The van der Waals surface area contributed by atoms with Crippen LogP contribution in [0.1, 0.15) is 49.7 Å². The van der Waals surface area contributed by atoms with E-state index in [9.17, 15) is 4.79 Å². The van der Waals surface area contributed by atoms with Crippen molar-refractivity contribution in [2.45, 2.75) is 51.1 Å². The molecule has 1 aliphatic heterocycles. The van der Waals surface area contributed by atoms with E-state index < -0.39 is 0 Å². The molecular weight excluding hydrogens is 386 g/mol. The standard InChI is InChI=1S/C21H31N5O2S/c1-5-16-13-19(26-11-9-25(6-2)10-12-26)24-21(23-16)29-14-17-7-8-18(28-17)20(27)22-15(3)4/h7-8,13,15H,5-6,9-12,14H2,1-4H3,(H,22,27)/p+1. The van der Waals surface area contributed by atoms with Gasteiger partial charge in [0.25, 0.3) is 5.91 Å². The van der Waals surface area contributed by atoms with Gasteiger partial charge in [-0.2, -0.15) is 0 Å². The van der Waals surface area contributed by atoms with Gasteiger partial charge in [-0.1, -0.05) is 18.7 Å². The number of anilines is 1. The molecule has 0 aromatic carbocycles. The van der Waals surface area contributed by atoms with Crippen molar-refractivity contribution < 1.29 is 14.1 Å². The van der Waals surface area contributed by atoms with Gasteiger partial charge in [0, 0.05) is 17.8 Å². The molecule has 7 nitrogen and oxygen atoms in total. The lowest BCUT2D eigenvalue weighted by Gasteiger charge is -2.32. The first-order valence-electron chi connectivity index (χ1n) is 10.5. The lowest BCUT2D eigenvalue weighted by Crippen LogP contribution is -3.14. The predicted octanol–water partition coefficient (Wildman–Crippen LogP) is 1.79. The van der Waals surface area contributed by atoms with Crippen LogP contribution in [0.4, 0.5) is 5.82 Å². The Morgan fingerprint density at radius 2 is 2.03 bits per heavy atom. The van der Waals surface area contributed by atoms with Crippen LogP contribution in [0.5, 0.6) is 0 Å². The van der Waals surface area contributed by atoms with Crippen LogP contribution in [-0.4, -0.2) is 54.6 Å². The zero-order valence-corrected chi connectivity index (χ0v) is 18.6. The molecule has 0 aliphatic carbocycles. The Morgan fingerprint density at radius 1 is 1.28 bits per heavy atom. The lowest BCUT2D eigenvalue weighted by molar-refractivity contribution is -0.898. The van der Waals surface area contributed by atoms with Gasteiger partial charge in [0.15, 0.2) is 10.9 Å². The smallest absolute Gasteiger partial charge is 0.287 e. The van der Waals surface area contributed by atoms with Gasteiger partial charge in [0.05, 0.1) is 38.5 Å². The maximum atomic E-state index is 12.0. The molecule has 1 amide bonds. The molecule has 2 aromatic rings. The summed E-state index contributed by atoms with van der Waals surface area (Å²) < 4.78 is 5.69. The van der Waals surface area contributed by atoms with E-state index in [0.29, 0.717) is 11.5 Å². The van der Waals surface area contributed by atoms with E-state index in [4.69, 9.17) is 9.40 Å². The molecular formula is C21H32N5O2S+. The van der Waals surface area contributed by atoms with E-state index in [0.717, 1.165) is 55.0 Å². The van der Waals surface area contributed by atoms with Gasteiger partial charge in [0.1, 0.15) is 11.6 Å². The minimum absolute atomic E-state index is 0.0785. The first kappa shape index (κ1) is 21.6. The maximum Gasteiger partial charge on any atom is 0.287 e. The summed E-state index contributed by atoms with van der Waals surface area (Å²) in [5.74, 6) is 2.52. The average molecular weight is 419 g/mol. The third-order valence-corrected chi connectivity index (χ3v) is 5.92. The summed E-state index contributed by atoms with van der Waals surface area (Å²) in [6.45, 7) is 13.8. The van der Waals surface area contributed by atoms with Crippen LogP contribution < -0.4 is 15.1 Å². The van der Waals surface area contributed by atoms with Crippen molar-refractivity contribution in [3.05, 3.63) is 35.4 Å². The number of hydrogen-bond acceptors (Lipinski definition) is 6. The number of nitrogens with one attached hydrogen (secondary N) is 2. The summed E-state index contributed by atoms with van der Waals surface area (Å²) in [5.41, 5.74) is 1.05. The summed E-state index contributed by atoms with van der Waals surface area (Å²) in [7, 11) is 0. The number of rotatable bonds is 8. The van der Waals surface area contributed by atoms with Gasteiger partial charge in [-0.05, 0) is 39.3 Å². The molecule has 8 heteroatoms. The summed E-state index contributed by atoms with van der Waals surface area (Å²) in [6.07, 6.45) is 0.879. The molecule has 0 unspecified atom stereocenters. The normalized spacial score (nSPS) is 15.1. The third-order valence-electron chi connectivity index (χ3n) is 5.05. The Hall–Kier alpha value is -2.06. The largest absolute Gasteiger partial charge is 0.455 e. The summed E-state index contributed by atoms with van der Waals surface area (Å²) in [4.78, 5) is 25.5. The first-order valence-corrected chi connectivity index (χ1v) is 11.5. The lowest BCUT2D eigenvalue weighted by atomic mass is 10.2. The Balaban J connectivity index is 1.65. The Kier molecular flexibility index (Phi) is 7.55. The molecule has 1 fully saturated rings. The fraction of sp³-hybridized carbons (Fsp3) is 0.571. The first-order chi connectivity index (χ1) is 14.0. The molecule has 1 saturated heterocycles. The second-order valence-corrected chi connectivity index (χ2v) is 8.57. The molecule has 0 bridgehead atoms. The Bertz CT molecular complexity index is 815. The number of likely N-dealkylation sites (N-methyl/N-ethyl adjacent to an activating group) is 1. The number of carbonyl (C=O) groups is 1. The quantitative estimate of drug-likeness (QED) is 0.503. The van der Waals surface area contributed by atoms with Crippen LogP contribution in [0.25, 0.3) is 0 Å². The van der Waals surface area contributed by atoms with E-state index >= 15 is 0 Å². The van der Waals surface area contributed by atoms with Crippen molar-refractivity contribution in [2.24, 2.45) is 0 Å². The molecule has 3 heterocycles. The minimum atomic E-state index is -0.184. The van der Waals surface area contributed by atoms with Gasteiger partial charge in [0.2, 0.25) is 0 Å². The average Bonchev–Trinajstić information content (AvgIpc) is 3.21. The van der Waals surface area contributed by atoms with E-state index in [1.165, 1.54) is 6.54 Å². The molecule has 158 valence electrons. The van der Waals surface area contributed by atoms with E-state index in [1.54, 1.807) is 22.7 Å². The molecule has 0 atom stereocenters. The predicted molar refractivity (Wildman–Crippen MR) is 116 cm³/mol. The number of nitrogens with zero attached hydrogens (tertiary/aromatic N) is 3. The Morgan fingerprint density at radius 3 is 2.69 bits per heavy atom. The van der Waals surface area contributed by atoms with E-state index in [1.807, 2.05) is 19.9 Å². The highest BCUT2D eigenvalue weighted by atomic mass is 32.2. The van der Waals surface area contributed by atoms with Crippen molar-refractivity contribution >= 4 is 23.5 Å². The third kappa shape index (κ3) is 5.96. The van der Waals surface area contributed by atoms with Crippen molar-refractivity contribution in [3.8, 4) is 0 Å². The van der Waals surface area contributed by atoms with Gasteiger partial charge in [-0.25, -0.2) is 9.97 Å². The van der Waals surface area contributed by atoms with E-state index in [2.05, 4.69) is 35.1 Å². The number of hydrogen-bond donors (Lipinski definition) is 2. The molecule has 29 heavy (non-hydrogen) atoms. The number of furan rings is 1. The van der Waals surface area contributed by atoms with Gasteiger partial charge in [-0.15, -0.1) is 0 Å². The molecule has 0 saturated carbocycles. The number of quaternary nitrogens is 1. The number of piperazine rings is 1. The van der Waals surface area contributed by atoms with Crippen molar-refractivity contribution in [1.29, 1.82) is 0 Å². The number of carbonyl (C=O) groups excluding carboxylic acids is 1. The minimum Gasteiger partial charge on any atom is -0.455 e. The molecule has 2 N–H and O–H groups in total. The highest BCUT2D eigenvalue weighted by molar-refractivity contribution is 7.98. The molecule has 2 aromatic heterocycles. The van der Waals surface area contributed by atoms with Gasteiger partial charge in [-0.3, -0.25) is 4.79 Å². The van der Waals surface area contributed by atoms with Crippen molar-refractivity contribution in [1.82, 2.24) is 15.3 Å². The highest BCUT2D eigenvalue weighted by Crippen LogP contribution is 2.24. The zero-order chi connectivity index (χ0) is 20.8. The number of aryl methyl sites for hydroxylation is 1. The van der Waals surface area contributed by atoms with Gasteiger partial charge >= 0.3 is 0 Å². The van der Waals surface area contributed by atoms with Crippen molar-refractivity contribution in [3.63, 3.8) is 0 Å². The van der Waals surface area contributed by atoms with E-state index in [-0.39, 0.29) is 11.9 Å². The highest BCUT2D eigenvalue weighted by Gasteiger charge is 2.21. The molecule has 0 radical (unpaired) electrons. The van der Waals surface area contributed by atoms with Crippen LogP contribution >= 0.6 is 11.8 Å². The second-order valence-electron chi connectivity index (χ2n) is 7.63. The molecule has 0 spiro atoms. The van der Waals surface area contributed by atoms with Crippen LogP contribution in [0.15, 0.2) is 27.8 Å². The fourth-order valence-corrected chi connectivity index (χ4v) is 4.09. The monoisotopic (exact) mass is 418 g/mol.